The molecule has 0 aromatic heterocycles. The Kier molecular flexibility index (Phi) is 16.6. The number of rotatable bonds is 21. The van der Waals surface area contributed by atoms with E-state index in [0.717, 1.165) is 57.8 Å². The van der Waals surface area contributed by atoms with Crippen molar-refractivity contribution in [3.05, 3.63) is 51.5 Å². The van der Waals surface area contributed by atoms with E-state index in [-0.39, 0.29) is 25.9 Å². The molecular formula is C35H47ClO8. The molecule has 0 aliphatic carbocycles. The Hall–Kier alpha value is -3.39. The number of hydrogen-bond acceptors (Lipinski definition) is 8. The quantitative estimate of drug-likeness (QED) is 0.0459. The summed E-state index contributed by atoms with van der Waals surface area (Å²) < 4.78 is 11.0. The second-order valence-corrected chi connectivity index (χ2v) is 11.5. The van der Waals surface area contributed by atoms with Gasteiger partial charge in [0.2, 0.25) is 5.75 Å². The lowest BCUT2D eigenvalue weighted by Gasteiger charge is -2.20. The largest absolute Gasteiger partial charge is 0.504 e. The van der Waals surface area contributed by atoms with Gasteiger partial charge >= 0.3 is 11.9 Å². The number of esters is 2. The number of hydrogen-bond donors (Lipinski definition) is 2. The first-order valence-corrected chi connectivity index (χ1v) is 16.3. The summed E-state index contributed by atoms with van der Waals surface area (Å²) in [5.74, 6) is -5.48. The van der Waals surface area contributed by atoms with Crippen LogP contribution in [0, 0.1) is 0 Å². The molecule has 0 radical (unpaired) electrons. The first-order chi connectivity index (χ1) is 21.2. The zero-order valence-electron chi connectivity index (χ0n) is 26.3. The first kappa shape index (κ1) is 36.8. The van der Waals surface area contributed by atoms with Crippen LogP contribution in [0.2, 0.25) is 5.02 Å². The Morgan fingerprint density at radius 1 is 0.682 bits per heavy atom. The van der Waals surface area contributed by atoms with Crippen molar-refractivity contribution in [1.82, 2.24) is 0 Å². The smallest absolute Gasteiger partial charge is 0.340 e. The number of aromatic hydroxyl groups is 2. The maximum Gasteiger partial charge on any atom is 0.340 e. The third kappa shape index (κ3) is 11.3. The van der Waals surface area contributed by atoms with Gasteiger partial charge < -0.3 is 19.7 Å². The molecule has 8 nitrogen and oxygen atoms in total. The van der Waals surface area contributed by atoms with Crippen LogP contribution in [0.25, 0.3) is 0 Å². The van der Waals surface area contributed by atoms with Gasteiger partial charge in [-0.15, -0.1) is 0 Å². The van der Waals surface area contributed by atoms with Gasteiger partial charge in [-0.1, -0.05) is 102 Å². The fourth-order valence-electron chi connectivity index (χ4n) is 4.93. The molecule has 44 heavy (non-hydrogen) atoms. The van der Waals surface area contributed by atoms with Gasteiger partial charge in [-0.25, -0.2) is 4.79 Å². The Labute approximate surface area is 266 Å². The molecule has 9 heteroatoms. The Morgan fingerprint density at radius 2 is 1.23 bits per heavy atom. The molecule has 0 saturated carbocycles. The van der Waals surface area contributed by atoms with Crippen molar-refractivity contribution in [2.45, 2.75) is 124 Å². The van der Waals surface area contributed by atoms with Gasteiger partial charge in [0.1, 0.15) is 6.61 Å². The molecule has 0 heterocycles. The highest BCUT2D eigenvalue weighted by molar-refractivity contribution is 6.30. The molecule has 0 bridgehead atoms. The average Bonchev–Trinajstić information content (AvgIpc) is 3.00. The molecule has 0 atom stereocenters. The fourth-order valence-corrected chi connectivity index (χ4v) is 5.14. The summed E-state index contributed by atoms with van der Waals surface area (Å²) in [6.07, 6.45) is 9.31. The second kappa shape index (κ2) is 19.8. The zero-order valence-corrected chi connectivity index (χ0v) is 27.1. The summed E-state index contributed by atoms with van der Waals surface area (Å²) in [6, 6.07) is 6.65. The van der Waals surface area contributed by atoms with Crippen molar-refractivity contribution in [2.75, 3.05) is 0 Å². The van der Waals surface area contributed by atoms with Gasteiger partial charge in [-0.05, 0) is 37.0 Å². The van der Waals surface area contributed by atoms with Crippen LogP contribution in [0.4, 0.5) is 0 Å². The minimum Gasteiger partial charge on any atom is -0.504 e. The third-order valence-corrected chi connectivity index (χ3v) is 7.62. The van der Waals surface area contributed by atoms with Gasteiger partial charge in [0.15, 0.2) is 23.1 Å². The van der Waals surface area contributed by atoms with E-state index in [1.54, 1.807) is 24.3 Å². The second-order valence-electron chi connectivity index (χ2n) is 11.1. The molecule has 0 unspecified atom stereocenters. The maximum absolute atomic E-state index is 13.8. The highest BCUT2D eigenvalue weighted by atomic mass is 35.5. The van der Waals surface area contributed by atoms with Gasteiger partial charge in [-0.3, -0.25) is 14.4 Å². The zero-order chi connectivity index (χ0) is 32.5. The van der Waals surface area contributed by atoms with E-state index in [4.69, 9.17) is 21.1 Å². The first-order valence-electron chi connectivity index (χ1n) is 16.0. The van der Waals surface area contributed by atoms with Crippen LogP contribution >= 0.6 is 11.6 Å². The molecule has 2 aromatic rings. The molecule has 0 amide bonds. The Morgan fingerprint density at radius 3 is 1.77 bits per heavy atom. The number of unbranched alkanes of at least 4 members (excludes halogenated alkanes) is 9. The third-order valence-electron chi connectivity index (χ3n) is 7.39. The lowest BCUT2D eigenvalue weighted by Crippen LogP contribution is -2.21. The predicted octanol–water partition coefficient (Wildman–Crippen LogP) is 9.29. The van der Waals surface area contributed by atoms with E-state index in [1.165, 1.54) is 0 Å². The summed E-state index contributed by atoms with van der Waals surface area (Å²) in [4.78, 5) is 53.9. The lowest BCUT2D eigenvalue weighted by atomic mass is 9.89. The highest BCUT2D eigenvalue weighted by Gasteiger charge is 2.36. The van der Waals surface area contributed by atoms with Crippen molar-refractivity contribution < 1.29 is 38.9 Å². The number of halogens is 1. The number of carbonyl (C=O) groups excluding carboxylic acids is 4. The Balaban J connectivity index is 2.65. The molecular weight excluding hydrogens is 584 g/mol. The summed E-state index contributed by atoms with van der Waals surface area (Å²) in [5.41, 5.74) is -0.869. The molecule has 0 saturated heterocycles. The van der Waals surface area contributed by atoms with Gasteiger partial charge in [-0.2, -0.15) is 0 Å². The van der Waals surface area contributed by atoms with Crippen molar-refractivity contribution in [1.29, 1.82) is 0 Å². The normalized spacial score (nSPS) is 10.9. The molecule has 0 aliphatic rings. The fraction of sp³-hybridized carbons (Fsp3) is 0.543. The van der Waals surface area contributed by atoms with Crippen molar-refractivity contribution >= 4 is 35.1 Å². The molecule has 0 fully saturated rings. The predicted molar refractivity (Wildman–Crippen MR) is 171 cm³/mol. The van der Waals surface area contributed by atoms with Crippen molar-refractivity contribution in [3.8, 4) is 17.2 Å². The molecule has 0 spiro atoms. The number of Topliss-reactive ketones (excluding diaryl/α,β-unsaturated/α-hetero) is 2. The van der Waals surface area contributed by atoms with Crippen molar-refractivity contribution in [2.24, 2.45) is 0 Å². The van der Waals surface area contributed by atoms with Gasteiger partial charge in [0.05, 0.1) is 16.7 Å². The molecule has 242 valence electrons. The SMILES string of the molecule is CCCCCCC(=O)Oc1c(O)c(O)c(C(=O)CCCCCC)c(C(=O)OCc2cccc(Cl)c2)c1C(=O)CCCCCC. The van der Waals surface area contributed by atoms with Crippen LogP contribution in [-0.4, -0.2) is 33.7 Å². The highest BCUT2D eigenvalue weighted by Crippen LogP contribution is 2.46. The maximum atomic E-state index is 13.8. The monoisotopic (exact) mass is 630 g/mol. The van der Waals surface area contributed by atoms with Crippen LogP contribution in [0.15, 0.2) is 24.3 Å². The summed E-state index contributed by atoms with van der Waals surface area (Å²) in [6.45, 7) is 5.87. The topological polar surface area (TPSA) is 127 Å². The summed E-state index contributed by atoms with van der Waals surface area (Å²) in [7, 11) is 0. The molecule has 2 aromatic carbocycles. The molecule has 0 aliphatic heterocycles. The van der Waals surface area contributed by atoms with Gasteiger partial charge in [0.25, 0.3) is 0 Å². The van der Waals surface area contributed by atoms with E-state index in [9.17, 15) is 29.4 Å². The number of phenols is 2. The summed E-state index contributed by atoms with van der Waals surface area (Å²) >= 11 is 6.07. The van der Waals surface area contributed by atoms with Crippen LogP contribution in [-0.2, 0) is 16.1 Å². The molecule has 2 N–H and O–H groups in total. The van der Waals surface area contributed by atoms with Crippen LogP contribution in [0.1, 0.15) is 154 Å². The average molecular weight is 631 g/mol. The lowest BCUT2D eigenvalue weighted by molar-refractivity contribution is -0.134. The van der Waals surface area contributed by atoms with Crippen LogP contribution < -0.4 is 4.74 Å². The standard InChI is InChI=1S/C35H47ClO8/c1-4-7-10-13-19-26(37)29-31(35(42)43-23-24-17-16-18-25(36)22-24)30(27(38)20-14-11-8-5-2)34(33(41)32(29)40)44-28(39)21-15-12-9-6-3/h16-18,22,40-41H,4-15,19-21,23H2,1-3H3. The van der Waals surface area contributed by atoms with E-state index in [2.05, 4.69) is 0 Å². The number of phenolic OH excluding ortho intramolecular Hbond substituents is 2. The number of ether oxygens (including phenoxy) is 2. The van der Waals surface area contributed by atoms with E-state index < -0.39 is 57.4 Å². The minimum atomic E-state index is -1.06. The number of ketones is 2. The molecule has 2 rings (SSSR count). The Bertz CT molecular complexity index is 1270. The van der Waals surface area contributed by atoms with E-state index >= 15 is 0 Å². The van der Waals surface area contributed by atoms with Gasteiger partial charge in [0, 0.05) is 24.3 Å². The van der Waals surface area contributed by atoms with E-state index in [1.807, 2.05) is 20.8 Å². The van der Waals surface area contributed by atoms with Crippen LogP contribution in [0.5, 0.6) is 17.2 Å². The van der Waals surface area contributed by atoms with E-state index in [0.29, 0.717) is 29.8 Å². The number of benzene rings is 2. The summed E-state index contributed by atoms with van der Waals surface area (Å²) in [5, 5.41) is 22.6. The number of carbonyl (C=O) groups is 4. The van der Waals surface area contributed by atoms with Crippen LogP contribution in [0.3, 0.4) is 0 Å². The van der Waals surface area contributed by atoms with Crippen molar-refractivity contribution in [3.63, 3.8) is 0 Å². The minimum absolute atomic E-state index is 0.0109.